The van der Waals surface area contributed by atoms with E-state index in [1.165, 1.54) is 12.0 Å². The van der Waals surface area contributed by atoms with E-state index in [0.29, 0.717) is 17.4 Å². The molecule has 5 nitrogen and oxygen atoms in total. The molecule has 4 rings (SSSR count). The van der Waals surface area contributed by atoms with Crippen molar-refractivity contribution in [3.05, 3.63) is 42.2 Å². The van der Waals surface area contributed by atoms with E-state index >= 15 is 0 Å². The van der Waals surface area contributed by atoms with E-state index in [-0.39, 0.29) is 5.41 Å². The minimum absolute atomic E-state index is 0.195. The third-order valence-electron chi connectivity index (χ3n) is 7.42. The fourth-order valence-electron chi connectivity index (χ4n) is 5.61. The maximum absolute atomic E-state index is 13.2. The number of pyridine rings is 1. The molecule has 0 radical (unpaired) electrons. The highest BCUT2D eigenvalue weighted by atomic mass is 16.5. The summed E-state index contributed by atoms with van der Waals surface area (Å²) in [5.74, 6) is 0.371. The predicted molar refractivity (Wildman–Crippen MR) is 114 cm³/mol. The molecule has 2 atom stereocenters. The minimum atomic E-state index is -0.195. The monoisotopic (exact) mass is 397 g/mol. The van der Waals surface area contributed by atoms with Crippen molar-refractivity contribution in [1.29, 1.82) is 0 Å². The molecule has 1 aromatic rings. The largest absolute Gasteiger partial charge is 0.383 e. The van der Waals surface area contributed by atoms with Gasteiger partial charge in [-0.1, -0.05) is 25.1 Å². The van der Waals surface area contributed by atoms with Crippen LogP contribution in [0.5, 0.6) is 0 Å². The molecule has 1 amide bonds. The van der Waals surface area contributed by atoms with Crippen LogP contribution in [0.2, 0.25) is 0 Å². The number of methoxy groups -OCH3 is 1. The summed E-state index contributed by atoms with van der Waals surface area (Å²) >= 11 is 0. The molecule has 29 heavy (non-hydrogen) atoms. The van der Waals surface area contributed by atoms with E-state index in [4.69, 9.17) is 4.74 Å². The fourth-order valence-corrected chi connectivity index (χ4v) is 5.61. The van der Waals surface area contributed by atoms with Gasteiger partial charge in [0.15, 0.2) is 0 Å². The number of rotatable bonds is 5. The summed E-state index contributed by atoms with van der Waals surface area (Å²) in [5, 5.41) is 0. The van der Waals surface area contributed by atoms with E-state index in [1.54, 1.807) is 7.11 Å². The van der Waals surface area contributed by atoms with Crippen LogP contribution in [0.4, 0.5) is 0 Å². The van der Waals surface area contributed by atoms with Gasteiger partial charge in [0, 0.05) is 51.7 Å². The molecule has 3 aliphatic rings. The van der Waals surface area contributed by atoms with Gasteiger partial charge >= 0.3 is 0 Å². The molecule has 1 aliphatic carbocycles. The summed E-state index contributed by atoms with van der Waals surface area (Å²) in [6.07, 6.45) is 14.5. The van der Waals surface area contributed by atoms with Crippen LogP contribution in [0.25, 0.3) is 0 Å². The molecule has 2 fully saturated rings. The minimum Gasteiger partial charge on any atom is -0.383 e. The standard InChI is InChI=1S/C24H35N3O2/c1-23(8-4-3-5-9-23)22(28)26-13-10-24(11-14-26)15-21(18-29-2)27(19-24)17-20-7-6-12-25-16-20/h3-4,6-7,12,16,21H,5,8-11,13-15,17-19H2,1-2H3. The summed E-state index contributed by atoms with van der Waals surface area (Å²) < 4.78 is 5.55. The van der Waals surface area contributed by atoms with Crippen LogP contribution in [0.15, 0.2) is 36.7 Å². The Bertz CT molecular complexity index is 727. The van der Waals surface area contributed by atoms with Crippen molar-refractivity contribution >= 4 is 5.91 Å². The second kappa shape index (κ2) is 8.57. The number of carbonyl (C=O) groups is 1. The molecule has 0 aromatic carbocycles. The summed E-state index contributed by atoms with van der Waals surface area (Å²) in [7, 11) is 1.80. The van der Waals surface area contributed by atoms with Crippen LogP contribution >= 0.6 is 0 Å². The number of amides is 1. The Morgan fingerprint density at radius 1 is 1.28 bits per heavy atom. The number of nitrogens with zero attached hydrogens (tertiary/aromatic N) is 3. The molecule has 1 spiro atoms. The normalized spacial score (nSPS) is 29.4. The maximum Gasteiger partial charge on any atom is 0.228 e. The highest BCUT2D eigenvalue weighted by Crippen LogP contribution is 2.45. The highest BCUT2D eigenvalue weighted by molar-refractivity contribution is 5.82. The molecule has 5 heteroatoms. The molecule has 1 aromatic heterocycles. The number of carbonyl (C=O) groups excluding carboxylic acids is 1. The topological polar surface area (TPSA) is 45.7 Å². The lowest BCUT2D eigenvalue weighted by Crippen LogP contribution is -2.49. The molecular weight excluding hydrogens is 362 g/mol. The molecule has 0 saturated carbocycles. The summed E-state index contributed by atoms with van der Waals surface area (Å²) in [5.41, 5.74) is 1.38. The summed E-state index contributed by atoms with van der Waals surface area (Å²) in [6.45, 7) is 6.75. The highest BCUT2D eigenvalue weighted by Gasteiger charge is 2.47. The molecule has 158 valence electrons. The van der Waals surface area contributed by atoms with Crippen LogP contribution in [-0.2, 0) is 16.1 Å². The molecule has 2 aliphatic heterocycles. The van der Waals surface area contributed by atoms with Gasteiger partial charge in [-0.25, -0.2) is 0 Å². The number of hydrogen-bond donors (Lipinski definition) is 0. The Balaban J connectivity index is 1.39. The van der Waals surface area contributed by atoms with Crippen molar-refractivity contribution in [1.82, 2.24) is 14.8 Å². The van der Waals surface area contributed by atoms with Crippen LogP contribution < -0.4 is 0 Å². The first kappa shape index (κ1) is 20.5. The lowest BCUT2D eigenvalue weighted by atomic mass is 9.74. The number of ether oxygens (including phenoxy) is 1. The zero-order chi connectivity index (χ0) is 20.3. The van der Waals surface area contributed by atoms with E-state index in [1.807, 2.05) is 18.5 Å². The first-order chi connectivity index (χ1) is 14.0. The lowest BCUT2D eigenvalue weighted by Gasteiger charge is -2.43. The second-order valence-electron chi connectivity index (χ2n) is 9.65. The first-order valence-electron chi connectivity index (χ1n) is 11.1. The molecule has 3 heterocycles. The van der Waals surface area contributed by atoms with Gasteiger partial charge < -0.3 is 9.64 Å². The van der Waals surface area contributed by atoms with Crippen molar-refractivity contribution in [2.24, 2.45) is 10.8 Å². The van der Waals surface area contributed by atoms with Gasteiger partial charge in [0.1, 0.15) is 0 Å². The third kappa shape index (κ3) is 4.41. The number of hydrogen-bond acceptors (Lipinski definition) is 4. The molecule has 0 N–H and O–H groups in total. The van der Waals surface area contributed by atoms with Crippen molar-refractivity contribution < 1.29 is 9.53 Å². The average Bonchev–Trinajstić information content (AvgIpc) is 3.06. The Morgan fingerprint density at radius 3 is 2.76 bits per heavy atom. The smallest absolute Gasteiger partial charge is 0.228 e. The van der Waals surface area contributed by atoms with E-state index in [2.05, 4.69) is 39.9 Å². The van der Waals surface area contributed by atoms with Gasteiger partial charge in [-0.3, -0.25) is 14.7 Å². The number of likely N-dealkylation sites (tertiary alicyclic amines) is 2. The van der Waals surface area contributed by atoms with Crippen molar-refractivity contribution in [3.63, 3.8) is 0 Å². The Labute approximate surface area is 175 Å². The Hall–Kier alpha value is -1.72. The molecule has 2 unspecified atom stereocenters. The number of allylic oxidation sites excluding steroid dienone is 2. The van der Waals surface area contributed by atoms with Crippen molar-refractivity contribution in [2.45, 2.75) is 58.0 Å². The van der Waals surface area contributed by atoms with Crippen LogP contribution in [-0.4, -0.2) is 60.1 Å². The zero-order valence-corrected chi connectivity index (χ0v) is 18.0. The van der Waals surface area contributed by atoms with Gasteiger partial charge in [-0.2, -0.15) is 0 Å². The van der Waals surface area contributed by atoms with Gasteiger partial charge in [0.2, 0.25) is 5.91 Å². The summed E-state index contributed by atoms with van der Waals surface area (Å²) in [6, 6.07) is 4.61. The van der Waals surface area contributed by atoms with Crippen molar-refractivity contribution in [2.75, 3.05) is 33.4 Å². The Kier molecular flexibility index (Phi) is 6.07. The van der Waals surface area contributed by atoms with Gasteiger partial charge in [-0.15, -0.1) is 0 Å². The first-order valence-corrected chi connectivity index (χ1v) is 11.1. The van der Waals surface area contributed by atoms with Crippen molar-refractivity contribution in [3.8, 4) is 0 Å². The van der Waals surface area contributed by atoms with Gasteiger partial charge in [-0.05, 0) is 55.6 Å². The maximum atomic E-state index is 13.2. The van der Waals surface area contributed by atoms with Crippen LogP contribution in [0.1, 0.15) is 51.0 Å². The van der Waals surface area contributed by atoms with Gasteiger partial charge in [0.05, 0.1) is 12.0 Å². The Morgan fingerprint density at radius 2 is 2.10 bits per heavy atom. The number of aromatic nitrogens is 1. The van der Waals surface area contributed by atoms with Crippen LogP contribution in [0, 0.1) is 10.8 Å². The van der Waals surface area contributed by atoms with E-state index in [0.717, 1.165) is 64.9 Å². The second-order valence-corrected chi connectivity index (χ2v) is 9.65. The quantitative estimate of drug-likeness (QED) is 0.712. The SMILES string of the molecule is COCC1CC2(CCN(C(=O)C3(C)CC=CCC3)CC2)CN1Cc1cccnc1. The van der Waals surface area contributed by atoms with Crippen LogP contribution in [0.3, 0.4) is 0 Å². The lowest BCUT2D eigenvalue weighted by molar-refractivity contribution is -0.144. The molecular formula is C24H35N3O2. The summed E-state index contributed by atoms with van der Waals surface area (Å²) in [4.78, 5) is 22.2. The molecule has 2 saturated heterocycles. The average molecular weight is 398 g/mol. The number of piperidine rings is 1. The van der Waals surface area contributed by atoms with E-state index in [9.17, 15) is 4.79 Å². The molecule has 0 bridgehead atoms. The van der Waals surface area contributed by atoms with Gasteiger partial charge in [0.25, 0.3) is 0 Å². The third-order valence-corrected chi connectivity index (χ3v) is 7.42. The predicted octanol–water partition coefficient (Wildman–Crippen LogP) is 3.66. The zero-order valence-electron chi connectivity index (χ0n) is 18.0. The van der Waals surface area contributed by atoms with E-state index < -0.39 is 0 Å². The fraction of sp³-hybridized carbons (Fsp3) is 0.667.